The number of morpholine rings is 1. The lowest BCUT2D eigenvalue weighted by Gasteiger charge is -2.25. The van der Waals surface area contributed by atoms with Crippen molar-refractivity contribution in [1.29, 1.82) is 0 Å². The van der Waals surface area contributed by atoms with Gasteiger partial charge in [0.1, 0.15) is 4.21 Å². The quantitative estimate of drug-likeness (QED) is 0.768. The Bertz CT molecular complexity index is 861. The van der Waals surface area contributed by atoms with E-state index in [-0.39, 0.29) is 12.5 Å². The van der Waals surface area contributed by atoms with Crippen LogP contribution in [0.3, 0.4) is 0 Å². The van der Waals surface area contributed by atoms with Crippen LogP contribution in [0.25, 0.3) is 0 Å². The van der Waals surface area contributed by atoms with Crippen LogP contribution in [-0.2, 0) is 21.3 Å². The van der Waals surface area contributed by atoms with Crippen molar-refractivity contribution in [2.24, 2.45) is 0 Å². The Hall–Kier alpha value is -1.26. The minimum Gasteiger partial charge on any atom is -0.379 e. The van der Waals surface area contributed by atoms with Crippen molar-refractivity contribution in [1.82, 2.24) is 9.62 Å². The van der Waals surface area contributed by atoms with E-state index >= 15 is 0 Å². The monoisotopic (exact) mass is 444 g/mol. The molecule has 0 bridgehead atoms. The molecule has 25 heavy (non-hydrogen) atoms. The van der Waals surface area contributed by atoms with E-state index in [9.17, 15) is 13.2 Å². The predicted molar refractivity (Wildman–Crippen MR) is 99.2 cm³/mol. The van der Waals surface area contributed by atoms with Gasteiger partial charge >= 0.3 is 0 Å². The molecule has 0 spiro atoms. The number of hydrogen-bond acceptors (Lipinski definition) is 5. The number of thiophene rings is 1. The first-order chi connectivity index (χ1) is 12.0. The molecule has 6 nitrogen and oxygen atoms in total. The van der Waals surface area contributed by atoms with Crippen LogP contribution in [0.15, 0.2) is 45.1 Å². The fourth-order valence-corrected chi connectivity index (χ4v) is 5.74. The molecule has 0 aliphatic carbocycles. The normalized spacial score (nSPS) is 15.9. The highest BCUT2D eigenvalue weighted by Crippen LogP contribution is 2.25. The van der Waals surface area contributed by atoms with Crippen molar-refractivity contribution < 1.29 is 17.9 Å². The summed E-state index contributed by atoms with van der Waals surface area (Å²) in [7, 11) is -3.49. The molecule has 134 valence electrons. The molecule has 1 saturated heterocycles. The van der Waals surface area contributed by atoms with Crippen LogP contribution in [0, 0.1) is 0 Å². The highest BCUT2D eigenvalue weighted by Gasteiger charge is 2.27. The summed E-state index contributed by atoms with van der Waals surface area (Å²) in [5.74, 6) is -0.210. The van der Waals surface area contributed by atoms with Crippen molar-refractivity contribution in [2.45, 2.75) is 10.8 Å². The lowest BCUT2D eigenvalue weighted by molar-refractivity contribution is 0.0731. The molecule has 1 fully saturated rings. The standard InChI is InChI=1S/C16H17BrN2O4S2/c17-14-4-2-1-3-13(14)16(20)18-11-12-5-6-15(24-12)25(21,22)19-7-9-23-10-8-19/h1-6H,7-11H2,(H,18,20). The molecule has 1 aromatic heterocycles. The number of carbonyl (C=O) groups excluding carboxylic acids is 1. The molecule has 3 rings (SSSR count). The second kappa shape index (κ2) is 7.96. The zero-order chi connectivity index (χ0) is 17.9. The second-order valence-electron chi connectivity index (χ2n) is 5.40. The van der Waals surface area contributed by atoms with Gasteiger partial charge < -0.3 is 10.1 Å². The Kier molecular flexibility index (Phi) is 5.90. The summed E-state index contributed by atoms with van der Waals surface area (Å²) < 4.78 is 32.8. The number of amides is 1. The van der Waals surface area contributed by atoms with E-state index in [0.717, 1.165) is 4.88 Å². The summed E-state index contributed by atoms with van der Waals surface area (Å²) in [6.07, 6.45) is 0. The average Bonchev–Trinajstić information content (AvgIpc) is 3.11. The molecule has 0 saturated carbocycles. The highest BCUT2D eigenvalue weighted by molar-refractivity contribution is 9.10. The number of carbonyl (C=O) groups is 1. The predicted octanol–water partition coefficient (Wildman–Crippen LogP) is 2.46. The smallest absolute Gasteiger partial charge is 0.252 e. The van der Waals surface area contributed by atoms with Crippen molar-refractivity contribution in [3.63, 3.8) is 0 Å². The third kappa shape index (κ3) is 4.29. The minimum atomic E-state index is -3.49. The van der Waals surface area contributed by atoms with Crippen LogP contribution in [0.1, 0.15) is 15.2 Å². The van der Waals surface area contributed by atoms with Gasteiger partial charge in [-0.05, 0) is 40.2 Å². The maximum absolute atomic E-state index is 12.6. The molecule has 0 unspecified atom stereocenters. The average molecular weight is 445 g/mol. The molecule has 9 heteroatoms. The summed E-state index contributed by atoms with van der Waals surface area (Å²) in [4.78, 5) is 13.0. The third-order valence-electron chi connectivity index (χ3n) is 3.74. The lowest BCUT2D eigenvalue weighted by atomic mass is 10.2. The van der Waals surface area contributed by atoms with Gasteiger partial charge in [-0.3, -0.25) is 4.79 Å². The summed E-state index contributed by atoms with van der Waals surface area (Å²) in [5, 5.41) is 2.81. The molecule has 1 amide bonds. The molecular formula is C16H17BrN2O4S2. The Morgan fingerprint density at radius 1 is 1.20 bits per heavy atom. The molecule has 0 atom stereocenters. The van der Waals surface area contributed by atoms with Crippen LogP contribution in [0.2, 0.25) is 0 Å². The maximum Gasteiger partial charge on any atom is 0.252 e. The van der Waals surface area contributed by atoms with E-state index in [2.05, 4.69) is 21.2 Å². The van der Waals surface area contributed by atoms with Crippen molar-refractivity contribution in [3.8, 4) is 0 Å². The largest absolute Gasteiger partial charge is 0.379 e. The first-order valence-electron chi connectivity index (χ1n) is 7.68. The molecule has 1 aliphatic heterocycles. The Morgan fingerprint density at radius 2 is 1.92 bits per heavy atom. The van der Waals surface area contributed by atoms with Gasteiger partial charge in [0.05, 0.1) is 25.3 Å². The number of hydrogen-bond donors (Lipinski definition) is 1. The summed E-state index contributed by atoms with van der Waals surface area (Å²) in [5.41, 5.74) is 0.542. The van der Waals surface area contributed by atoms with Gasteiger partial charge in [-0.25, -0.2) is 8.42 Å². The van der Waals surface area contributed by atoms with Crippen LogP contribution >= 0.6 is 27.3 Å². The fraction of sp³-hybridized carbons (Fsp3) is 0.312. The van der Waals surface area contributed by atoms with E-state index in [0.29, 0.717) is 40.5 Å². The van der Waals surface area contributed by atoms with Gasteiger partial charge in [0.25, 0.3) is 15.9 Å². The number of benzene rings is 1. The van der Waals surface area contributed by atoms with Gasteiger partial charge in [-0.2, -0.15) is 4.31 Å². The van der Waals surface area contributed by atoms with Crippen molar-refractivity contribution >= 4 is 43.2 Å². The number of halogens is 1. The third-order valence-corrected chi connectivity index (χ3v) is 7.89. The summed E-state index contributed by atoms with van der Waals surface area (Å²) in [6.45, 7) is 1.85. The number of sulfonamides is 1. The Balaban J connectivity index is 1.66. The molecule has 2 aromatic rings. The molecular weight excluding hydrogens is 428 g/mol. The van der Waals surface area contributed by atoms with Crippen LogP contribution in [0.5, 0.6) is 0 Å². The molecule has 1 aromatic carbocycles. The zero-order valence-electron chi connectivity index (χ0n) is 13.3. The molecule has 0 radical (unpaired) electrons. The lowest BCUT2D eigenvalue weighted by Crippen LogP contribution is -2.40. The van der Waals surface area contributed by atoms with E-state index < -0.39 is 10.0 Å². The van der Waals surface area contributed by atoms with Gasteiger partial charge in [0.15, 0.2) is 0 Å². The molecule has 1 N–H and O–H groups in total. The summed E-state index contributed by atoms with van der Waals surface area (Å²) in [6, 6.07) is 10.5. The van der Waals surface area contributed by atoms with Crippen LogP contribution < -0.4 is 5.32 Å². The number of nitrogens with zero attached hydrogens (tertiary/aromatic N) is 1. The minimum absolute atomic E-state index is 0.210. The van der Waals surface area contributed by atoms with E-state index in [1.807, 2.05) is 6.07 Å². The zero-order valence-corrected chi connectivity index (χ0v) is 16.5. The Labute approximate surface area is 159 Å². The van der Waals surface area contributed by atoms with Gasteiger partial charge in [-0.1, -0.05) is 12.1 Å². The van der Waals surface area contributed by atoms with E-state index in [1.54, 1.807) is 30.3 Å². The number of rotatable bonds is 5. The van der Waals surface area contributed by atoms with Crippen LogP contribution in [0.4, 0.5) is 0 Å². The molecule has 2 heterocycles. The first kappa shape index (κ1) is 18.5. The fourth-order valence-electron chi connectivity index (χ4n) is 2.41. The summed E-state index contributed by atoms with van der Waals surface area (Å²) >= 11 is 4.52. The van der Waals surface area contributed by atoms with Crippen molar-refractivity contribution in [2.75, 3.05) is 26.3 Å². The van der Waals surface area contributed by atoms with Gasteiger partial charge in [-0.15, -0.1) is 11.3 Å². The highest BCUT2D eigenvalue weighted by atomic mass is 79.9. The van der Waals surface area contributed by atoms with Gasteiger partial charge in [0, 0.05) is 22.4 Å². The second-order valence-corrected chi connectivity index (χ2v) is 9.59. The maximum atomic E-state index is 12.6. The van der Waals surface area contributed by atoms with Crippen molar-refractivity contribution in [3.05, 3.63) is 51.3 Å². The van der Waals surface area contributed by atoms with Crippen LogP contribution in [-0.4, -0.2) is 44.9 Å². The SMILES string of the molecule is O=C(NCc1ccc(S(=O)(=O)N2CCOCC2)s1)c1ccccc1Br. The topological polar surface area (TPSA) is 75.7 Å². The first-order valence-corrected chi connectivity index (χ1v) is 10.7. The molecule has 1 aliphatic rings. The number of ether oxygens (including phenoxy) is 1. The van der Waals surface area contributed by atoms with E-state index in [4.69, 9.17) is 4.74 Å². The number of nitrogens with one attached hydrogen (secondary N) is 1. The Morgan fingerprint density at radius 3 is 2.64 bits per heavy atom. The van der Waals surface area contributed by atoms with Gasteiger partial charge in [0.2, 0.25) is 0 Å². The van der Waals surface area contributed by atoms with E-state index in [1.165, 1.54) is 15.6 Å².